The number of halogens is 1. The third kappa shape index (κ3) is 3.55. The summed E-state index contributed by atoms with van der Waals surface area (Å²) in [4.78, 5) is 17.0. The standard InChI is InChI=1S/C14H14BrN3O5S2/c1-22-11-5-8(13(19)23-2)3-4-10(11)18(25(20)21)17-6-9-12(7-17)24-14(15)16-9/h3-5H,6-7H2,1-2H3,(H,20,21)/p-1. The van der Waals surface area contributed by atoms with Gasteiger partial charge in [-0.25, -0.2) is 14.2 Å². The van der Waals surface area contributed by atoms with E-state index in [9.17, 15) is 13.6 Å². The van der Waals surface area contributed by atoms with Crippen molar-refractivity contribution in [3.8, 4) is 5.75 Å². The first kappa shape index (κ1) is 18.3. The van der Waals surface area contributed by atoms with Crippen molar-refractivity contribution in [2.75, 3.05) is 18.6 Å². The number of anilines is 1. The van der Waals surface area contributed by atoms with Crippen molar-refractivity contribution < 1.29 is 23.0 Å². The smallest absolute Gasteiger partial charge is 0.337 e. The predicted octanol–water partition coefficient (Wildman–Crippen LogP) is 2.23. The van der Waals surface area contributed by atoms with Crippen molar-refractivity contribution in [3.63, 3.8) is 0 Å². The first-order valence-corrected chi connectivity index (χ1v) is 9.63. The van der Waals surface area contributed by atoms with Crippen molar-refractivity contribution in [2.45, 2.75) is 13.1 Å². The number of nitrogens with zero attached hydrogens (tertiary/aromatic N) is 3. The number of thiazole rings is 1. The second-order valence-electron chi connectivity index (χ2n) is 5.03. The molecular formula is C14H13BrN3O5S2-. The first-order chi connectivity index (χ1) is 11.9. The van der Waals surface area contributed by atoms with Crippen molar-refractivity contribution in [2.24, 2.45) is 0 Å². The molecule has 1 aromatic carbocycles. The second kappa shape index (κ2) is 7.38. The van der Waals surface area contributed by atoms with Crippen molar-refractivity contribution in [3.05, 3.63) is 38.3 Å². The van der Waals surface area contributed by atoms with Gasteiger partial charge in [-0.05, 0) is 34.1 Å². The summed E-state index contributed by atoms with van der Waals surface area (Å²) in [6, 6.07) is 4.45. The van der Waals surface area contributed by atoms with E-state index in [4.69, 9.17) is 4.74 Å². The molecule has 2 aromatic rings. The number of rotatable bonds is 5. The number of carbonyl (C=O) groups is 1. The number of hydrogen-bond donors (Lipinski definition) is 0. The van der Waals surface area contributed by atoms with E-state index in [0.29, 0.717) is 18.8 Å². The van der Waals surface area contributed by atoms with Crippen LogP contribution in [-0.2, 0) is 29.1 Å². The van der Waals surface area contributed by atoms with Crippen LogP contribution in [0.25, 0.3) is 0 Å². The molecule has 0 saturated carbocycles. The van der Waals surface area contributed by atoms with E-state index in [1.54, 1.807) is 5.01 Å². The predicted molar refractivity (Wildman–Crippen MR) is 94.8 cm³/mol. The summed E-state index contributed by atoms with van der Waals surface area (Å²) in [5.41, 5.74) is 1.40. The molecule has 0 N–H and O–H groups in total. The molecule has 0 radical (unpaired) electrons. The molecule has 1 atom stereocenters. The van der Waals surface area contributed by atoms with Gasteiger partial charge in [0.05, 0.1) is 49.8 Å². The number of aromatic nitrogens is 1. The summed E-state index contributed by atoms with van der Waals surface area (Å²) in [6.45, 7) is 0.766. The molecule has 2 heterocycles. The van der Waals surface area contributed by atoms with Crippen LogP contribution in [0.5, 0.6) is 5.75 Å². The third-order valence-electron chi connectivity index (χ3n) is 3.62. The molecule has 25 heavy (non-hydrogen) atoms. The van der Waals surface area contributed by atoms with Crippen LogP contribution >= 0.6 is 27.3 Å². The lowest BCUT2D eigenvalue weighted by atomic mass is 10.2. The maximum Gasteiger partial charge on any atom is 0.337 e. The quantitative estimate of drug-likeness (QED) is 0.513. The molecule has 1 unspecified atom stereocenters. The van der Waals surface area contributed by atoms with Gasteiger partial charge in [-0.2, -0.15) is 5.01 Å². The number of hydrogen-bond acceptors (Lipinski definition) is 8. The molecule has 0 spiro atoms. The zero-order valence-electron chi connectivity index (χ0n) is 13.2. The van der Waals surface area contributed by atoms with Crippen molar-refractivity contribution in [1.82, 2.24) is 9.99 Å². The minimum Gasteiger partial charge on any atom is -0.754 e. The van der Waals surface area contributed by atoms with Crippen LogP contribution in [0, 0.1) is 0 Å². The minimum atomic E-state index is -2.57. The fourth-order valence-corrected chi connectivity index (χ4v) is 4.75. The number of fused-ring (bicyclic) bond motifs is 1. The topological polar surface area (TPSA) is 95.0 Å². The van der Waals surface area contributed by atoms with Gasteiger partial charge in [0, 0.05) is 4.88 Å². The molecule has 1 aliphatic rings. The summed E-state index contributed by atoms with van der Waals surface area (Å²) in [5, 5.41) is 1.64. The van der Waals surface area contributed by atoms with E-state index < -0.39 is 17.2 Å². The number of esters is 1. The van der Waals surface area contributed by atoms with E-state index in [1.807, 2.05) is 0 Å². The Bertz CT molecular complexity index is 820. The Morgan fingerprint density at radius 1 is 1.44 bits per heavy atom. The Labute approximate surface area is 158 Å². The zero-order chi connectivity index (χ0) is 18.1. The van der Waals surface area contributed by atoms with Crippen LogP contribution in [0.15, 0.2) is 22.1 Å². The molecule has 1 aromatic heterocycles. The summed E-state index contributed by atoms with van der Waals surface area (Å²) in [6.07, 6.45) is 0. The summed E-state index contributed by atoms with van der Waals surface area (Å²) < 4.78 is 35.6. The lowest BCUT2D eigenvalue weighted by Crippen LogP contribution is -2.40. The maximum atomic E-state index is 11.9. The number of carbonyl (C=O) groups excluding carboxylic acids is 1. The highest BCUT2D eigenvalue weighted by Crippen LogP contribution is 2.37. The van der Waals surface area contributed by atoms with Crippen LogP contribution < -0.4 is 9.15 Å². The van der Waals surface area contributed by atoms with Gasteiger partial charge in [-0.3, -0.25) is 4.21 Å². The molecule has 0 aliphatic carbocycles. The summed E-state index contributed by atoms with van der Waals surface area (Å²) in [7, 11) is 2.68. The Morgan fingerprint density at radius 3 is 2.80 bits per heavy atom. The molecule has 0 saturated heterocycles. The SMILES string of the molecule is COC(=O)c1ccc(N(N2Cc3nc(Br)sc3C2)S(=O)[O-])c(OC)c1. The molecule has 8 nitrogen and oxygen atoms in total. The monoisotopic (exact) mass is 446 g/mol. The van der Waals surface area contributed by atoms with Crippen molar-refractivity contribution >= 4 is 50.2 Å². The molecule has 0 fully saturated rings. The Morgan fingerprint density at radius 2 is 2.20 bits per heavy atom. The summed E-state index contributed by atoms with van der Waals surface area (Å²) >= 11 is 2.22. The van der Waals surface area contributed by atoms with E-state index in [0.717, 1.165) is 18.9 Å². The first-order valence-electron chi connectivity index (χ1n) is 6.99. The Balaban J connectivity index is 1.95. The molecular weight excluding hydrogens is 434 g/mol. The highest BCUT2D eigenvalue weighted by atomic mass is 79.9. The van der Waals surface area contributed by atoms with Gasteiger partial charge in [0.15, 0.2) is 3.92 Å². The lowest BCUT2D eigenvalue weighted by Gasteiger charge is -2.35. The maximum absolute atomic E-state index is 11.9. The van der Waals surface area contributed by atoms with Gasteiger partial charge in [0.1, 0.15) is 11.4 Å². The van der Waals surface area contributed by atoms with E-state index in [2.05, 4.69) is 25.7 Å². The second-order valence-corrected chi connectivity index (χ2v) is 8.17. The van der Waals surface area contributed by atoms with E-state index in [1.165, 1.54) is 43.8 Å². The molecule has 11 heteroatoms. The van der Waals surface area contributed by atoms with Crippen LogP contribution in [0.3, 0.4) is 0 Å². The minimum absolute atomic E-state index is 0.247. The lowest BCUT2D eigenvalue weighted by molar-refractivity contribution is 0.0600. The third-order valence-corrected chi connectivity index (χ3v) is 5.86. The van der Waals surface area contributed by atoms with Gasteiger partial charge in [0.25, 0.3) is 0 Å². The average molecular weight is 447 g/mol. The number of benzene rings is 1. The molecule has 0 bridgehead atoms. The molecule has 134 valence electrons. The molecule has 0 amide bonds. The fraction of sp³-hybridized carbons (Fsp3) is 0.286. The normalized spacial score (nSPS) is 14.9. The Kier molecular flexibility index (Phi) is 5.39. The van der Waals surface area contributed by atoms with Gasteiger partial charge >= 0.3 is 5.97 Å². The van der Waals surface area contributed by atoms with E-state index >= 15 is 0 Å². The largest absolute Gasteiger partial charge is 0.754 e. The fourth-order valence-electron chi connectivity index (χ4n) is 2.53. The zero-order valence-corrected chi connectivity index (χ0v) is 16.4. The Hall–Kier alpha value is -1.53. The van der Waals surface area contributed by atoms with Gasteiger partial charge in [-0.15, -0.1) is 11.3 Å². The molecule has 1 aliphatic heterocycles. The number of hydrazine groups is 1. The van der Waals surface area contributed by atoms with Crippen LogP contribution in [-0.4, -0.2) is 38.9 Å². The van der Waals surface area contributed by atoms with Gasteiger partial charge in [-0.1, -0.05) is 0 Å². The number of methoxy groups -OCH3 is 2. The number of ether oxygens (including phenoxy) is 2. The van der Waals surface area contributed by atoms with Gasteiger partial charge in [0.2, 0.25) is 0 Å². The van der Waals surface area contributed by atoms with Crippen molar-refractivity contribution in [1.29, 1.82) is 0 Å². The van der Waals surface area contributed by atoms with Crippen LogP contribution in [0.4, 0.5) is 5.69 Å². The molecule has 3 rings (SSSR count). The average Bonchev–Trinajstić information content (AvgIpc) is 3.11. The van der Waals surface area contributed by atoms with Crippen LogP contribution in [0.2, 0.25) is 0 Å². The summed E-state index contributed by atoms with van der Waals surface area (Å²) in [5.74, 6) is -0.284. The highest BCUT2D eigenvalue weighted by Gasteiger charge is 2.30. The van der Waals surface area contributed by atoms with Gasteiger partial charge < -0.3 is 14.0 Å². The highest BCUT2D eigenvalue weighted by molar-refractivity contribution is 9.11. The van der Waals surface area contributed by atoms with E-state index in [-0.39, 0.29) is 11.3 Å². The van der Waals surface area contributed by atoms with Crippen LogP contribution in [0.1, 0.15) is 20.9 Å².